The zero-order valence-electron chi connectivity index (χ0n) is 10.5. The average Bonchev–Trinajstić information content (AvgIpc) is 2.34. The van der Waals surface area contributed by atoms with E-state index < -0.39 is 5.97 Å². The molecule has 0 radical (unpaired) electrons. The Balaban J connectivity index is 2.61. The lowest BCUT2D eigenvalue weighted by Crippen LogP contribution is -2.26. The Morgan fingerprint density at radius 3 is 2.74 bits per heavy atom. The molecule has 2 amide bonds. The number of hydrogen-bond acceptors (Lipinski definition) is 4. The van der Waals surface area contributed by atoms with Crippen molar-refractivity contribution in [3.8, 4) is 0 Å². The highest BCUT2D eigenvalue weighted by Crippen LogP contribution is 2.12. The molecule has 102 valence electrons. The number of amides is 2. The van der Waals surface area contributed by atoms with Crippen molar-refractivity contribution in [3.63, 3.8) is 0 Å². The predicted octanol–water partition coefficient (Wildman–Crippen LogP) is 0.635. The summed E-state index contributed by atoms with van der Waals surface area (Å²) in [5, 5.41) is 13.6. The summed E-state index contributed by atoms with van der Waals surface area (Å²) in [5.74, 6) is -1.58. The fourth-order valence-electron chi connectivity index (χ4n) is 1.42. The van der Waals surface area contributed by atoms with Crippen LogP contribution in [0.1, 0.15) is 30.1 Å². The first-order chi connectivity index (χ1) is 9.00. The van der Waals surface area contributed by atoms with Gasteiger partial charge in [0, 0.05) is 26.1 Å². The van der Waals surface area contributed by atoms with Crippen LogP contribution in [0.2, 0.25) is 0 Å². The van der Waals surface area contributed by atoms with Crippen LogP contribution in [0, 0.1) is 0 Å². The number of hydrogen-bond donors (Lipinski definition) is 3. The molecule has 0 saturated heterocycles. The summed E-state index contributed by atoms with van der Waals surface area (Å²) in [5.41, 5.74) is 0.617. The monoisotopic (exact) mass is 265 g/mol. The molecule has 3 N–H and O–H groups in total. The van der Waals surface area contributed by atoms with Crippen LogP contribution in [0.4, 0.5) is 5.69 Å². The molecule has 0 aliphatic rings. The number of carboxylic acid groups (broad SMARTS) is 1. The molecular formula is C12H15N3O4. The maximum Gasteiger partial charge on any atom is 0.303 e. The van der Waals surface area contributed by atoms with Crippen LogP contribution in [0.5, 0.6) is 0 Å². The van der Waals surface area contributed by atoms with Gasteiger partial charge >= 0.3 is 5.97 Å². The molecule has 0 aliphatic carbocycles. The smallest absolute Gasteiger partial charge is 0.303 e. The molecule has 1 heterocycles. The summed E-state index contributed by atoms with van der Waals surface area (Å²) in [6.07, 6.45) is 3.17. The van der Waals surface area contributed by atoms with Crippen molar-refractivity contribution in [1.82, 2.24) is 10.3 Å². The maximum atomic E-state index is 11.9. The van der Waals surface area contributed by atoms with E-state index >= 15 is 0 Å². The summed E-state index contributed by atoms with van der Waals surface area (Å²) in [7, 11) is 0. The van der Waals surface area contributed by atoms with Crippen LogP contribution in [0.3, 0.4) is 0 Å². The minimum absolute atomic E-state index is 0.00478. The lowest BCUT2D eigenvalue weighted by molar-refractivity contribution is -0.137. The Labute approximate surface area is 110 Å². The highest BCUT2D eigenvalue weighted by molar-refractivity contribution is 6.03. The highest BCUT2D eigenvalue weighted by atomic mass is 16.4. The number of carboxylic acids is 1. The van der Waals surface area contributed by atoms with Crippen molar-refractivity contribution in [2.45, 2.75) is 19.8 Å². The number of carbonyl (C=O) groups is 3. The van der Waals surface area contributed by atoms with Gasteiger partial charge in [0.05, 0.1) is 17.4 Å². The molecule has 19 heavy (non-hydrogen) atoms. The van der Waals surface area contributed by atoms with Crippen LogP contribution in [-0.2, 0) is 9.59 Å². The van der Waals surface area contributed by atoms with Crippen molar-refractivity contribution in [1.29, 1.82) is 0 Å². The Morgan fingerprint density at radius 1 is 1.37 bits per heavy atom. The van der Waals surface area contributed by atoms with Gasteiger partial charge in [0.25, 0.3) is 5.91 Å². The molecule has 1 aromatic rings. The molecule has 1 aromatic heterocycles. The molecule has 1 rings (SSSR count). The first-order valence-electron chi connectivity index (χ1n) is 5.72. The van der Waals surface area contributed by atoms with Crippen molar-refractivity contribution in [2.75, 3.05) is 11.9 Å². The third-order valence-corrected chi connectivity index (χ3v) is 2.23. The molecule has 0 atom stereocenters. The Morgan fingerprint density at radius 2 is 2.11 bits per heavy atom. The molecule has 0 aliphatic heterocycles. The number of nitrogens with one attached hydrogen (secondary N) is 2. The van der Waals surface area contributed by atoms with Crippen molar-refractivity contribution in [2.24, 2.45) is 0 Å². The zero-order chi connectivity index (χ0) is 14.3. The Kier molecular flexibility index (Phi) is 5.46. The number of aromatic nitrogens is 1. The zero-order valence-corrected chi connectivity index (χ0v) is 10.5. The van der Waals surface area contributed by atoms with E-state index in [9.17, 15) is 14.4 Å². The number of anilines is 1. The number of carbonyl (C=O) groups excluding carboxylic acids is 2. The third-order valence-electron chi connectivity index (χ3n) is 2.23. The van der Waals surface area contributed by atoms with Gasteiger partial charge < -0.3 is 15.7 Å². The summed E-state index contributed by atoms with van der Waals surface area (Å²) in [6.45, 7) is 1.59. The minimum atomic E-state index is -0.905. The van der Waals surface area contributed by atoms with Crippen molar-refractivity contribution in [3.05, 3.63) is 24.0 Å². The van der Waals surface area contributed by atoms with Gasteiger partial charge in [-0.2, -0.15) is 0 Å². The van der Waals surface area contributed by atoms with Gasteiger partial charge in [-0.05, 0) is 12.5 Å². The molecule has 0 spiro atoms. The molecule has 0 bridgehead atoms. The SMILES string of the molecule is CC(=O)Nc1cnccc1C(=O)NCCCC(=O)O. The second-order valence-electron chi connectivity index (χ2n) is 3.86. The van der Waals surface area contributed by atoms with E-state index in [0.29, 0.717) is 17.7 Å². The largest absolute Gasteiger partial charge is 0.481 e. The van der Waals surface area contributed by atoms with E-state index in [-0.39, 0.29) is 24.8 Å². The van der Waals surface area contributed by atoms with Crippen LogP contribution < -0.4 is 10.6 Å². The number of aliphatic carboxylic acids is 1. The number of pyridine rings is 1. The topological polar surface area (TPSA) is 108 Å². The average molecular weight is 265 g/mol. The van der Waals surface area contributed by atoms with Crippen LogP contribution in [-0.4, -0.2) is 34.4 Å². The lowest BCUT2D eigenvalue weighted by atomic mass is 10.2. The van der Waals surface area contributed by atoms with Gasteiger partial charge in [0.2, 0.25) is 5.91 Å². The van der Waals surface area contributed by atoms with Gasteiger partial charge in [0.15, 0.2) is 0 Å². The van der Waals surface area contributed by atoms with Crippen LogP contribution in [0.25, 0.3) is 0 Å². The first kappa shape index (κ1) is 14.6. The molecule has 0 saturated carbocycles. The second kappa shape index (κ2) is 7.10. The van der Waals surface area contributed by atoms with Crippen LogP contribution in [0.15, 0.2) is 18.5 Å². The fraction of sp³-hybridized carbons (Fsp3) is 0.333. The second-order valence-corrected chi connectivity index (χ2v) is 3.86. The number of rotatable bonds is 6. The minimum Gasteiger partial charge on any atom is -0.481 e. The molecular weight excluding hydrogens is 250 g/mol. The highest BCUT2D eigenvalue weighted by Gasteiger charge is 2.11. The lowest BCUT2D eigenvalue weighted by Gasteiger charge is -2.09. The van der Waals surface area contributed by atoms with E-state index in [1.165, 1.54) is 25.4 Å². The Hall–Kier alpha value is -2.44. The normalized spacial score (nSPS) is 9.74. The van der Waals surface area contributed by atoms with Gasteiger partial charge in [-0.25, -0.2) is 0 Å². The predicted molar refractivity (Wildman–Crippen MR) is 67.7 cm³/mol. The third kappa shape index (κ3) is 5.15. The quantitative estimate of drug-likeness (QED) is 0.654. The van der Waals surface area contributed by atoms with Gasteiger partial charge in [-0.15, -0.1) is 0 Å². The molecule has 0 fully saturated rings. The van der Waals surface area contributed by atoms with Gasteiger partial charge in [-0.1, -0.05) is 0 Å². The molecule has 7 heteroatoms. The van der Waals surface area contributed by atoms with E-state index in [2.05, 4.69) is 15.6 Å². The fourth-order valence-corrected chi connectivity index (χ4v) is 1.42. The first-order valence-corrected chi connectivity index (χ1v) is 5.72. The van der Waals surface area contributed by atoms with E-state index in [1.54, 1.807) is 0 Å². The van der Waals surface area contributed by atoms with Crippen molar-refractivity contribution >= 4 is 23.5 Å². The van der Waals surface area contributed by atoms with Crippen LogP contribution >= 0.6 is 0 Å². The van der Waals surface area contributed by atoms with E-state index in [1.807, 2.05) is 0 Å². The summed E-state index contributed by atoms with van der Waals surface area (Å²) in [4.78, 5) is 37.0. The molecule has 0 unspecified atom stereocenters. The summed E-state index contributed by atoms with van der Waals surface area (Å²) in [6, 6.07) is 1.48. The van der Waals surface area contributed by atoms with E-state index in [0.717, 1.165) is 0 Å². The summed E-state index contributed by atoms with van der Waals surface area (Å²) < 4.78 is 0. The number of nitrogens with zero attached hydrogens (tertiary/aromatic N) is 1. The standard InChI is InChI=1S/C12H15N3O4/c1-8(16)15-10-7-13-6-4-9(10)12(19)14-5-2-3-11(17)18/h4,6-7H,2-3,5H2,1H3,(H,14,19)(H,15,16)(H,17,18). The van der Waals surface area contributed by atoms with Gasteiger partial charge in [-0.3, -0.25) is 19.4 Å². The van der Waals surface area contributed by atoms with Gasteiger partial charge in [0.1, 0.15) is 0 Å². The summed E-state index contributed by atoms with van der Waals surface area (Å²) >= 11 is 0. The van der Waals surface area contributed by atoms with Crippen molar-refractivity contribution < 1.29 is 19.5 Å². The van der Waals surface area contributed by atoms with E-state index in [4.69, 9.17) is 5.11 Å². The molecule has 7 nitrogen and oxygen atoms in total. The maximum absolute atomic E-state index is 11.9. The Bertz CT molecular complexity index is 488. The molecule has 0 aromatic carbocycles.